The molecule has 5 heteroatoms. The van der Waals surface area contributed by atoms with Crippen LogP contribution < -0.4 is 10.4 Å². The van der Waals surface area contributed by atoms with Gasteiger partial charge in [-0.1, -0.05) is 19.1 Å². The van der Waals surface area contributed by atoms with Crippen LogP contribution >= 0.6 is 0 Å². The van der Waals surface area contributed by atoms with Crippen LogP contribution in [0.3, 0.4) is 0 Å². The average molecular weight is 296 g/mol. The lowest BCUT2D eigenvalue weighted by Gasteiger charge is -2.08. The predicted octanol–water partition coefficient (Wildman–Crippen LogP) is 3.28. The third-order valence-corrected chi connectivity index (χ3v) is 3.15. The summed E-state index contributed by atoms with van der Waals surface area (Å²) in [6, 6.07) is 10.8. The molecule has 0 aliphatic carbocycles. The van der Waals surface area contributed by atoms with E-state index < -0.39 is 5.63 Å². The van der Waals surface area contributed by atoms with Gasteiger partial charge in [-0.05, 0) is 18.6 Å². The van der Waals surface area contributed by atoms with Crippen LogP contribution in [0.25, 0.3) is 17.0 Å². The minimum absolute atomic E-state index is 0.402. The molecule has 1 aromatic carbocycles. The molecule has 22 heavy (non-hydrogen) atoms. The number of rotatable bonds is 5. The molecule has 0 amide bonds. The lowest BCUT2D eigenvalue weighted by Crippen LogP contribution is -2.02. The van der Waals surface area contributed by atoms with Crippen molar-refractivity contribution in [2.24, 2.45) is 0 Å². The SMILES string of the molecule is CCCOc1cccc(-c2cc(-n3ccnc3)cc(=O)o2)c1. The van der Waals surface area contributed by atoms with Gasteiger partial charge < -0.3 is 13.7 Å². The van der Waals surface area contributed by atoms with Gasteiger partial charge in [0.1, 0.15) is 11.5 Å². The molecular weight excluding hydrogens is 280 g/mol. The Morgan fingerprint density at radius 3 is 2.95 bits per heavy atom. The van der Waals surface area contributed by atoms with E-state index in [1.54, 1.807) is 23.3 Å². The van der Waals surface area contributed by atoms with Gasteiger partial charge in [0.05, 0.1) is 18.6 Å². The molecule has 0 spiro atoms. The summed E-state index contributed by atoms with van der Waals surface area (Å²) in [7, 11) is 0. The molecule has 3 rings (SSSR count). The van der Waals surface area contributed by atoms with Gasteiger partial charge in [-0.25, -0.2) is 9.78 Å². The summed E-state index contributed by atoms with van der Waals surface area (Å²) >= 11 is 0. The monoisotopic (exact) mass is 296 g/mol. The fourth-order valence-electron chi connectivity index (χ4n) is 2.13. The van der Waals surface area contributed by atoms with Crippen molar-refractivity contribution >= 4 is 0 Å². The van der Waals surface area contributed by atoms with Gasteiger partial charge in [-0.15, -0.1) is 0 Å². The zero-order valence-corrected chi connectivity index (χ0v) is 12.2. The molecule has 0 aliphatic rings. The van der Waals surface area contributed by atoms with Crippen LogP contribution in [0.5, 0.6) is 5.75 Å². The van der Waals surface area contributed by atoms with Crippen molar-refractivity contribution in [3.8, 4) is 22.8 Å². The van der Waals surface area contributed by atoms with Crippen LogP contribution in [0.15, 0.2) is 64.3 Å². The first kappa shape index (κ1) is 14.1. The predicted molar refractivity (Wildman–Crippen MR) is 83.3 cm³/mol. The Morgan fingerprint density at radius 1 is 1.27 bits per heavy atom. The van der Waals surface area contributed by atoms with E-state index in [9.17, 15) is 4.79 Å². The average Bonchev–Trinajstić information content (AvgIpc) is 3.07. The molecule has 0 aliphatic heterocycles. The second-order valence-electron chi connectivity index (χ2n) is 4.85. The molecule has 0 unspecified atom stereocenters. The Morgan fingerprint density at radius 2 is 2.18 bits per heavy atom. The minimum atomic E-state index is -0.402. The Bertz CT molecular complexity index is 807. The van der Waals surface area contributed by atoms with Gasteiger partial charge in [0, 0.05) is 30.1 Å². The Kier molecular flexibility index (Phi) is 4.05. The highest BCUT2D eigenvalue weighted by molar-refractivity contribution is 5.61. The number of benzene rings is 1. The fraction of sp³-hybridized carbons (Fsp3) is 0.176. The first-order chi connectivity index (χ1) is 10.8. The zero-order chi connectivity index (χ0) is 15.4. The largest absolute Gasteiger partial charge is 0.494 e. The van der Waals surface area contributed by atoms with Gasteiger partial charge in [0.15, 0.2) is 0 Å². The smallest absolute Gasteiger partial charge is 0.338 e. The zero-order valence-electron chi connectivity index (χ0n) is 12.2. The summed E-state index contributed by atoms with van der Waals surface area (Å²) in [4.78, 5) is 15.8. The van der Waals surface area contributed by atoms with E-state index in [2.05, 4.69) is 11.9 Å². The summed E-state index contributed by atoms with van der Waals surface area (Å²) in [5, 5.41) is 0. The third kappa shape index (κ3) is 3.09. The number of aromatic nitrogens is 2. The lowest BCUT2D eigenvalue weighted by atomic mass is 10.1. The third-order valence-electron chi connectivity index (χ3n) is 3.15. The summed E-state index contributed by atoms with van der Waals surface area (Å²) in [5.41, 5.74) is 1.11. The van der Waals surface area contributed by atoms with Gasteiger partial charge in [-0.2, -0.15) is 0 Å². The molecule has 0 fully saturated rings. The van der Waals surface area contributed by atoms with E-state index >= 15 is 0 Å². The molecule has 0 saturated carbocycles. The van der Waals surface area contributed by atoms with Crippen LogP contribution in [0.1, 0.15) is 13.3 Å². The summed E-state index contributed by atoms with van der Waals surface area (Å²) in [5.74, 6) is 1.26. The molecular formula is C17H16N2O3. The van der Waals surface area contributed by atoms with Gasteiger partial charge in [-0.3, -0.25) is 0 Å². The second-order valence-corrected chi connectivity index (χ2v) is 4.85. The van der Waals surface area contributed by atoms with Crippen molar-refractivity contribution in [1.82, 2.24) is 9.55 Å². The van der Waals surface area contributed by atoms with Crippen molar-refractivity contribution < 1.29 is 9.15 Å². The number of hydrogen-bond donors (Lipinski definition) is 0. The van der Waals surface area contributed by atoms with Crippen LogP contribution in [0, 0.1) is 0 Å². The van der Waals surface area contributed by atoms with Crippen LogP contribution in [-0.4, -0.2) is 16.2 Å². The van der Waals surface area contributed by atoms with Gasteiger partial charge in [0.2, 0.25) is 0 Å². The van der Waals surface area contributed by atoms with Gasteiger partial charge in [0.25, 0.3) is 0 Å². The molecule has 2 aromatic heterocycles. The molecule has 0 atom stereocenters. The lowest BCUT2D eigenvalue weighted by molar-refractivity contribution is 0.317. The molecule has 5 nitrogen and oxygen atoms in total. The first-order valence-electron chi connectivity index (χ1n) is 7.13. The Hall–Kier alpha value is -2.82. The van der Waals surface area contributed by atoms with E-state index in [4.69, 9.17) is 9.15 Å². The highest BCUT2D eigenvalue weighted by Gasteiger charge is 2.07. The van der Waals surface area contributed by atoms with Crippen LogP contribution in [0.4, 0.5) is 0 Å². The topological polar surface area (TPSA) is 57.3 Å². The number of nitrogens with zero attached hydrogens (tertiary/aromatic N) is 2. The van der Waals surface area contributed by atoms with E-state index in [1.807, 2.05) is 30.3 Å². The summed E-state index contributed by atoms with van der Waals surface area (Å²) in [6.45, 7) is 2.71. The van der Waals surface area contributed by atoms with Crippen LogP contribution in [0.2, 0.25) is 0 Å². The van der Waals surface area contributed by atoms with Gasteiger partial charge >= 0.3 is 5.63 Å². The first-order valence-corrected chi connectivity index (χ1v) is 7.13. The quantitative estimate of drug-likeness (QED) is 0.725. The number of ether oxygens (including phenoxy) is 1. The molecule has 3 aromatic rings. The van der Waals surface area contributed by atoms with E-state index in [0.29, 0.717) is 18.1 Å². The van der Waals surface area contributed by atoms with Crippen LogP contribution in [-0.2, 0) is 0 Å². The Labute approximate surface area is 127 Å². The molecule has 0 N–H and O–H groups in total. The van der Waals surface area contributed by atoms with E-state index in [1.165, 1.54) is 6.07 Å². The summed E-state index contributed by atoms with van der Waals surface area (Å²) in [6.07, 6.45) is 6.02. The normalized spacial score (nSPS) is 10.6. The van der Waals surface area contributed by atoms with E-state index in [0.717, 1.165) is 17.7 Å². The number of hydrogen-bond acceptors (Lipinski definition) is 4. The minimum Gasteiger partial charge on any atom is -0.494 e. The fourth-order valence-corrected chi connectivity index (χ4v) is 2.13. The maximum absolute atomic E-state index is 11.8. The number of imidazole rings is 1. The van der Waals surface area contributed by atoms with Crippen molar-refractivity contribution in [2.45, 2.75) is 13.3 Å². The van der Waals surface area contributed by atoms with Crippen molar-refractivity contribution in [1.29, 1.82) is 0 Å². The second kappa shape index (κ2) is 6.30. The molecule has 2 heterocycles. The Balaban J connectivity index is 1.99. The van der Waals surface area contributed by atoms with E-state index in [-0.39, 0.29) is 0 Å². The highest BCUT2D eigenvalue weighted by Crippen LogP contribution is 2.24. The molecule has 0 saturated heterocycles. The highest BCUT2D eigenvalue weighted by atomic mass is 16.5. The molecule has 0 bridgehead atoms. The molecule has 0 radical (unpaired) electrons. The summed E-state index contributed by atoms with van der Waals surface area (Å²) < 4.78 is 12.7. The molecule has 112 valence electrons. The maximum Gasteiger partial charge on any atom is 0.338 e. The van der Waals surface area contributed by atoms with Crippen molar-refractivity contribution in [3.05, 3.63) is 65.5 Å². The maximum atomic E-state index is 11.8. The van der Waals surface area contributed by atoms with Crippen molar-refractivity contribution in [3.63, 3.8) is 0 Å². The van der Waals surface area contributed by atoms with Crippen molar-refractivity contribution in [2.75, 3.05) is 6.61 Å². The standard InChI is InChI=1S/C17H16N2O3/c1-2-8-21-15-5-3-4-13(9-15)16-10-14(11-17(20)22-16)19-7-6-18-12-19/h3-7,9-12H,2,8H2,1H3.